The summed E-state index contributed by atoms with van der Waals surface area (Å²) >= 11 is 0. The van der Waals surface area contributed by atoms with Gasteiger partial charge in [0, 0.05) is 0 Å². The molecule has 0 bridgehead atoms. The van der Waals surface area contributed by atoms with E-state index in [-0.39, 0.29) is 17.4 Å². The number of aliphatic hydroxyl groups excluding tert-OH is 2. The number of hydrogen-bond acceptors (Lipinski definition) is 2. The molecule has 0 aromatic heterocycles. The van der Waals surface area contributed by atoms with Crippen molar-refractivity contribution in [2.75, 3.05) is 0 Å². The molecule has 0 aliphatic heterocycles. The summed E-state index contributed by atoms with van der Waals surface area (Å²) in [4.78, 5) is 0. The van der Waals surface area contributed by atoms with Crippen molar-refractivity contribution in [1.82, 2.24) is 0 Å². The van der Waals surface area contributed by atoms with Crippen LogP contribution < -0.4 is 0 Å². The first-order valence-corrected chi connectivity index (χ1v) is 4.61. The third-order valence-corrected chi connectivity index (χ3v) is 2.23. The molecule has 0 aromatic carbocycles. The van der Waals surface area contributed by atoms with Gasteiger partial charge in [-0.15, -0.1) is 0 Å². The molecule has 2 atom stereocenters. The molecule has 0 aliphatic rings. The first-order chi connectivity index (χ1) is 5.25. The van der Waals surface area contributed by atoms with E-state index in [1.165, 1.54) is 0 Å². The minimum absolute atomic E-state index is 0.129. The zero-order valence-corrected chi connectivity index (χ0v) is 8.83. The Morgan fingerprint density at radius 3 is 1.75 bits per heavy atom. The van der Waals surface area contributed by atoms with E-state index in [9.17, 15) is 10.2 Å². The molecule has 0 spiro atoms. The third kappa shape index (κ3) is 4.07. The maximum atomic E-state index is 9.64. The molecule has 0 amide bonds. The fourth-order valence-corrected chi connectivity index (χ4v) is 0.854. The second-order valence-electron chi connectivity index (χ2n) is 4.93. The highest BCUT2D eigenvalue weighted by Crippen LogP contribution is 2.24. The molecule has 0 aliphatic carbocycles. The van der Waals surface area contributed by atoms with Crippen LogP contribution in [0.2, 0.25) is 0 Å². The van der Waals surface area contributed by atoms with Crippen LogP contribution in [0.5, 0.6) is 0 Å². The monoisotopic (exact) mass is 174 g/mol. The highest BCUT2D eigenvalue weighted by molar-refractivity contribution is 4.76. The van der Waals surface area contributed by atoms with Crippen LogP contribution in [-0.2, 0) is 0 Å². The molecule has 0 rings (SSSR count). The van der Waals surface area contributed by atoms with E-state index in [2.05, 4.69) is 0 Å². The summed E-state index contributed by atoms with van der Waals surface area (Å²) in [6, 6.07) is 0. The molecule has 0 radical (unpaired) electrons. The van der Waals surface area contributed by atoms with Gasteiger partial charge < -0.3 is 10.2 Å². The predicted octanol–water partition coefficient (Wildman–Crippen LogP) is 1.80. The lowest BCUT2D eigenvalue weighted by molar-refractivity contribution is -0.000369. The number of aliphatic hydroxyl groups is 2. The first kappa shape index (κ1) is 11.9. The van der Waals surface area contributed by atoms with Crippen molar-refractivity contribution < 1.29 is 10.2 Å². The minimum atomic E-state index is -0.421. The second kappa shape index (κ2) is 4.24. The fourth-order valence-electron chi connectivity index (χ4n) is 0.854. The molecule has 0 heterocycles. The van der Waals surface area contributed by atoms with E-state index < -0.39 is 6.10 Å². The Hall–Kier alpha value is -0.0800. The van der Waals surface area contributed by atoms with Crippen LogP contribution in [0.15, 0.2) is 0 Å². The van der Waals surface area contributed by atoms with Gasteiger partial charge in [-0.3, -0.25) is 0 Å². The molecular weight excluding hydrogens is 152 g/mol. The van der Waals surface area contributed by atoms with Gasteiger partial charge in [0.1, 0.15) is 0 Å². The van der Waals surface area contributed by atoms with Crippen molar-refractivity contribution in [2.24, 2.45) is 11.3 Å². The summed E-state index contributed by atoms with van der Waals surface area (Å²) < 4.78 is 0. The Labute approximate surface area is 75.6 Å². The van der Waals surface area contributed by atoms with Crippen LogP contribution in [-0.4, -0.2) is 22.4 Å². The summed E-state index contributed by atoms with van der Waals surface area (Å²) in [5, 5.41) is 19.1. The predicted molar refractivity (Wildman–Crippen MR) is 50.9 cm³/mol. The quantitative estimate of drug-likeness (QED) is 0.685. The average Bonchev–Trinajstić information content (AvgIpc) is 1.85. The van der Waals surface area contributed by atoms with Crippen LogP contribution >= 0.6 is 0 Å². The maximum absolute atomic E-state index is 9.64. The van der Waals surface area contributed by atoms with E-state index in [1.807, 2.05) is 34.6 Å². The maximum Gasteiger partial charge on any atom is 0.0613 e. The first-order valence-electron chi connectivity index (χ1n) is 4.61. The summed E-state index contributed by atoms with van der Waals surface area (Å²) in [7, 11) is 0. The Morgan fingerprint density at radius 2 is 1.50 bits per heavy atom. The Kier molecular flexibility index (Phi) is 4.21. The second-order valence-corrected chi connectivity index (χ2v) is 4.93. The number of rotatable bonds is 3. The van der Waals surface area contributed by atoms with Crippen molar-refractivity contribution >= 4 is 0 Å². The number of hydrogen-bond donors (Lipinski definition) is 2. The molecule has 2 heteroatoms. The fraction of sp³-hybridized carbons (Fsp3) is 1.00. The van der Waals surface area contributed by atoms with Crippen molar-refractivity contribution in [3.8, 4) is 0 Å². The normalized spacial score (nSPS) is 18.0. The van der Waals surface area contributed by atoms with Crippen LogP contribution in [0.3, 0.4) is 0 Å². The Morgan fingerprint density at radius 1 is 1.08 bits per heavy atom. The van der Waals surface area contributed by atoms with Crippen molar-refractivity contribution in [3.63, 3.8) is 0 Å². The van der Waals surface area contributed by atoms with Gasteiger partial charge in [-0.25, -0.2) is 0 Å². The summed E-state index contributed by atoms with van der Waals surface area (Å²) in [6.45, 7) is 9.85. The summed E-state index contributed by atoms with van der Waals surface area (Å²) in [5.74, 6) is 0.224. The lowest BCUT2D eigenvalue weighted by atomic mass is 9.84. The topological polar surface area (TPSA) is 40.5 Å². The van der Waals surface area contributed by atoms with Gasteiger partial charge in [0.25, 0.3) is 0 Å². The molecule has 0 aromatic rings. The van der Waals surface area contributed by atoms with Crippen LogP contribution in [0.25, 0.3) is 0 Å². The lowest BCUT2D eigenvalue weighted by Crippen LogP contribution is -2.32. The average molecular weight is 174 g/mol. The molecule has 0 saturated heterocycles. The van der Waals surface area contributed by atoms with Gasteiger partial charge in [0.15, 0.2) is 0 Å². The molecule has 2 unspecified atom stereocenters. The van der Waals surface area contributed by atoms with E-state index >= 15 is 0 Å². The molecule has 2 N–H and O–H groups in total. The van der Waals surface area contributed by atoms with Crippen molar-refractivity contribution in [1.29, 1.82) is 0 Å². The zero-order valence-electron chi connectivity index (χ0n) is 8.83. The third-order valence-electron chi connectivity index (χ3n) is 2.23. The SMILES string of the molecule is CC(C)C(O)CC(O)C(C)(C)C. The molecule has 0 fully saturated rings. The Balaban J connectivity index is 3.93. The highest BCUT2D eigenvalue weighted by Gasteiger charge is 2.25. The molecule has 74 valence electrons. The van der Waals surface area contributed by atoms with Crippen LogP contribution in [0, 0.1) is 11.3 Å². The molecular formula is C10H22O2. The van der Waals surface area contributed by atoms with Gasteiger partial charge in [-0.05, 0) is 17.8 Å². The molecule has 2 nitrogen and oxygen atoms in total. The van der Waals surface area contributed by atoms with E-state index in [4.69, 9.17) is 0 Å². The molecule has 12 heavy (non-hydrogen) atoms. The van der Waals surface area contributed by atoms with E-state index in [1.54, 1.807) is 0 Å². The smallest absolute Gasteiger partial charge is 0.0613 e. The van der Waals surface area contributed by atoms with Gasteiger partial charge in [-0.1, -0.05) is 34.6 Å². The minimum Gasteiger partial charge on any atom is -0.393 e. The summed E-state index contributed by atoms with van der Waals surface area (Å²) in [6.07, 6.45) is -0.338. The van der Waals surface area contributed by atoms with Crippen LogP contribution in [0.4, 0.5) is 0 Å². The van der Waals surface area contributed by atoms with Crippen molar-refractivity contribution in [3.05, 3.63) is 0 Å². The van der Waals surface area contributed by atoms with Gasteiger partial charge >= 0.3 is 0 Å². The van der Waals surface area contributed by atoms with Gasteiger partial charge in [-0.2, -0.15) is 0 Å². The largest absolute Gasteiger partial charge is 0.393 e. The summed E-state index contributed by atoms with van der Waals surface area (Å²) in [5.41, 5.74) is -0.129. The van der Waals surface area contributed by atoms with Crippen LogP contribution in [0.1, 0.15) is 41.0 Å². The lowest BCUT2D eigenvalue weighted by Gasteiger charge is -2.28. The molecule has 0 saturated carbocycles. The van der Waals surface area contributed by atoms with Gasteiger partial charge in [0.2, 0.25) is 0 Å². The highest BCUT2D eigenvalue weighted by atomic mass is 16.3. The van der Waals surface area contributed by atoms with E-state index in [0.29, 0.717) is 6.42 Å². The van der Waals surface area contributed by atoms with Gasteiger partial charge in [0.05, 0.1) is 12.2 Å². The van der Waals surface area contributed by atoms with E-state index in [0.717, 1.165) is 0 Å². The Bertz CT molecular complexity index is 124. The van der Waals surface area contributed by atoms with Crippen molar-refractivity contribution in [2.45, 2.75) is 53.2 Å². The standard InChI is InChI=1S/C10H22O2/c1-7(2)8(11)6-9(12)10(3,4)5/h7-9,11-12H,6H2,1-5H3. The zero-order chi connectivity index (χ0) is 9.94.